The summed E-state index contributed by atoms with van der Waals surface area (Å²) in [5.74, 6) is -0.585. The highest BCUT2D eigenvalue weighted by Gasteiger charge is 2.39. The zero-order chi connectivity index (χ0) is 12.9. The van der Waals surface area contributed by atoms with Crippen LogP contribution in [0.4, 0.5) is 13.2 Å². The van der Waals surface area contributed by atoms with Gasteiger partial charge in [-0.05, 0) is 12.0 Å². The van der Waals surface area contributed by atoms with Gasteiger partial charge in [0.15, 0.2) is 6.10 Å². The summed E-state index contributed by atoms with van der Waals surface area (Å²) in [4.78, 5) is 11.2. The van der Waals surface area contributed by atoms with E-state index in [9.17, 15) is 18.0 Å². The van der Waals surface area contributed by atoms with E-state index in [1.54, 1.807) is 24.3 Å². The lowest BCUT2D eigenvalue weighted by Crippen LogP contribution is -2.30. The number of ketones is 1. The van der Waals surface area contributed by atoms with Crippen molar-refractivity contribution < 1.29 is 23.1 Å². The lowest BCUT2D eigenvalue weighted by Gasteiger charge is -2.13. The molecule has 1 aromatic rings. The lowest BCUT2D eigenvalue weighted by atomic mass is 10.0. The molecular weight excluding hydrogens is 233 g/mol. The number of benzene rings is 1. The molecule has 1 N–H and O–H groups in total. The molecule has 1 atom stereocenters. The Morgan fingerprint density at radius 2 is 1.82 bits per heavy atom. The normalized spacial score (nSPS) is 13.4. The molecule has 0 saturated carbocycles. The quantitative estimate of drug-likeness (QED) is 0.866. The second-order valence-electron chi connectivity index (χ2n) is 3.79. The summed E-state index contributed by atoms with van der Waals surface area (Å²) in [5, 5.41) is 8.71. The molecule has 0 aliphatic carbocycles. The van der Waals surface area contributed by atoms with Crippen molar-refractivity contribution in [3.8, 4) is 0 Å². The molecule has 1 unspecified atom stereocenters. The van der Waals surface area contributed by atoms with Crippen molar-refractivity contribution in [1.29, 1.82) is 0 Å². The first kappa shape index (κ1) is 13.7. The van der Waals surface area contributed by atoms with Crippen LogP contribution in [0.15, 0.2) is 30.3 Å². The molecule has 0 fully saturated rings. The molecule has 1 aromatic carbocycles. The number of aliphatic hydroxyl groups is 1. The van der Waals surface area contributed by atoms with E-state index >= 15 is 0 Å². The zero-order valence-electron chi connectivity index (χ0n) is 9.07. The van der Waals surface area contributed by atoms with Crippen molar-refractivity contribution in [1.82, 2.24) is 0 Å². The minimum atomic E-state index is -4.72. The zero-order valence-corrected chi connectivity index (χ0v) is 9.07. The number of Topliss-reactive ketones (excluding diaryl/α,β-unsaturated/α-hetero) is 1. The number of alkyl halides is 3. The largest absolute Gasteiger partial charge is 0.414 e. The van der Waals surface area contributed by atoms with Crippen LogP contribution in [0.3, 0.4) is 0 Å². The Balaban J connectivity index is 2.36. The molecule has 17 heavy (non-hydrogen) atoms. The average molecular weight is 246 g/mol. The number of carbonyl (C=O) groups is 1. The molecule has 0 aliphatic rings. The summed E-state index contributed by atoms with van der Waals surface area (Å²) in [5.41, 5.74) is 0.891. The third-order valence-electron chi connectivity index (χ3n) is 2.33. The maximum absolute atomic E-state index is 12.0. The number of aliphatic hydroxyl groups excluding tert-OH is 1. The van der Waals surface area contributed by atoms with E-state index in [2.05, 4.69) is 0 Å². The van der Waals surface area contributed by atoms with Crippen LogP contribution in [-0.4, -0.2) is 23.2 Å². The number of halogens is 3. The van der Waals surface area contributed by atoms with Gasteiger partial charge < -0.3 is 5.11 Å². The van der Waals surface area contributed by atoms with Crippen molar-refractivity contribution in [2.75, 3.05) is 0 Å². The van der Waals surface area contributed by atoms with Crippen molar-refractivity contribution in [2.24, 2.45) is 0 Å². The molecular formula is C12H13F3O2. The van der Waals surface area contributed by atoms with Crippen LogP contribution >= 0.6 is 0 Å². The van der Waals surface area contributed by atoms with E-state index in [-0.39, 0.29) is 6.42 Å². The first-order valence-corrected chi connectivity index (χ1v) is 5.20. The van der Waals surface area contributed by atoms with Crippen molar-refractivity contribution >= 4 is 5.78 Å². The van der Waals surface area contributed by atoms with Crippen LogP contribution in [-0.2, 0) is 11.2 Å². The van der Waals surface area contributed by atoms with E-state index < -0.39 is 24.5 Å². The van der Waals surface area contributed by atoms with Crippen LogP contribution in [0.25, 0.3) is 0 Å². The highest BCUT2D eigenvalue weighted by Crippen LogP contribution is 2.22. The van der Waals surface area contributed by atoms with Crippen LogP contribution in [0.1, 0.15) is 18.4 Å². The summed E-state index contributed by atoms with van der Waals surface area (Å²) < 4.78 is 35.9. The monoisotopic (exact) mass is 246 g/mol. The Hall–Kier alpha value is -1.36. The van der Waals surface area contributed by atoms with Gasteiger partial charge in [-0.25, -0.2) is 0 Å². The van der Waals surface area contributed by atoms with Gasteiger partial charge in [0.25, 0.3) is 0 Å². The molecule has 0 aromatic heterocycles. The highest BCUT2D eigenvalue weighted by atomic mass is 19.4. The van der Waals surface area contributed by atoms with Crippen LogP contribution < -0.4 is 0 Å². The van der Waals surface area contributed by atoms with Gasteiger partial charge in [-0.15, -0.1) is 0 Å². The summed E-state index contributed by atoms with van der Waals surface area (Å²) in [6.45, 7) is 0. The summed E-state index contributed by atoms with van der Waals surface area (Å²) in [7, 11) is 0. The van der Waals surface area contributed by atoms with Gasteiger partial charge in [-0.2, -0.15) is 13.2 Å². The molecule has 0 bridgehead atoms. The highest BCUT2D eigenvalue weighted by molar-refractivity contribution is 5.79. The van der Waals surface area contributed by atoms with Crippen molar-refractivity contribution in [3.63, 3.8) is 0 Å². The molecule has 0 saturated heterocycles. The standard InChI is InChI=1S/C12H13F3O2/c13-12(14,15)11(17)8-10(16)7-6-9-4-2-1-3-5-9/h1-5,11,17H,6-8H2. The third kappa shape index (κ3) is 4.99. The van der Waals surface area contributed by atoms with E-state index in [4.69, 9.17) is 5.11 Å². The van der Waals surface area contributed by atoms with Gasteiger partial charge in [0.1, 0.15) is 5.78 Å². The Labute approximate surface area is 97.1 Å². The van der Waals surface area contributed by atoms with Gasteiger partial charge in [-0.1, -0.05) is 30.3 Å². The Morgan fingerprint density at radius 3 is 2.35 bits per heavy atom. The number of carbonyl (C=O) groups excluding carboxylic acids is 1. The number of aryl methyl sites for hydroxylation is 1. The molecule has 94 valence electrons. The molecule has 0 aliphatic heterocycles. The summed E-state index contributed by atoms with van der Waals surface area (Å²) >= 11 is 0. The SMILES string of the molecule is O=C(CCc1ccccc1)CC(O)C(F)(F)F. The van der Waals surface area contributed by atoms with Crippen molar-refractivity contribution in [3.05, 3.63) is 35.9 Å². The fourth-order valence-electron chi connectivity index (χ4n) is 1.36. The minimum absolute atomic E-state index is 0.0111. The molecule has 0 heterocycles. The molecule has 0 amide bonds. The number of rotatable bonds is 5. The lowest BCUT2D eigenvalue weighted by molar-refractivity contribution is -0.205. The fourth-order valence-corrected chi connectivity index (χ4v) is 1.36. The smallest absolute Gasteiger partial charge is 0.383 e. The van der Waals surface area contributed by atoms with Crippen LogP contribution in [0.5, 0.6) is 0 Å². The maximum Gasteiger partial charge on any atom is 0.414 e. The van der Waals surface area contributed by atoms with E-state index in [0.717, 1.165) is 5.56 Å². The van der Waals surface area contributed by atoms with Gasteiger partial charge in [0.05, 0.1) is 0 Å². The fraction of sp³-hybridized carbons (Fsp3) is 0.417. The number of hydrogen-bond acceptors (Lipinski definition) is 2. The second kappa shape index (κ2) is 5.82. The third-order valence-corrected chi connectivity index (χ3v) is 2.33. The van der Waals surface area contributed by atoms with Gasteiger partial charge in [0.2, 0.25) is 0 Å². The van der Waals surface area contributed by atoms with E-state index in [1.807, 2.05) is 6.07 Å². The van der Waals surface area contributed by atoms with E-state index in [0.29, 0.717) is 6.42 Å². The van der Waals surface area contributed by atoms with E-state index in [1.165, 1.54) is 0 Å². The van der Waals surface area contributed by atoms with Gasteiger partial charge in [-0.3, -0.25) is 4.79 Å². The second-order valence-corrected chi connectivity index (χ2v) is 3.79. The Bertz CT molecular complexity index is 360. The first-order valence-electron chi connectivity index (χ1n) is 5.20. The predicted octanol–water partition coefficient (Wildman–Crippen LogP) is 2.50. The molecule has 1 rings (SSSR count). The summed E-state index contributed by atoms with van der Waals surface area (Å²) in [6, 6.07) is 9.01. The maximum atomic E-state index is 12.0. The Morgan fingerprint density at radius 1 is 1.24 bits per heavy atom. The topological polar surface area (TPSA) is 37.3 Å². The average Bonchev–Trinajstić information content (AvgIpc) is 2.26. The Kier molecular flexibility index (Phi) is 4.69. The summed E-state index contributed by atoms with van der Waals surface area (Å²) in [6.07, 6.45) is -7.73. The van der Waals surface area contributed by atoms with Gasteiger partial charge >= 0.3 is 6.18 Å². The van der Waals surface area contributed by atoms with Gasteiger partial charge in [0, 0.05) is 12.8 Å². The predicted molar refractivity (Wildman–Crippen MR) is 56.4 cm³/mol. The first-order chi connectivity index (χ1) is 7.89. The van der Waals surface area contributed by atoms with Crippen LogP contribution in [0.2, 0.25) is 0 Å². The molecule has 2 nitrogen and oxygen atoms in total. The van der Waals surface area contributed by atoms with Crippen molar-refractivity contribution in [2.45, 2.75) is 31.5 Å². The molecule has 0 radical (unpaired) electrons. The number of hydrogen-bond donors (Lipinski definition) is 1. The minimum Gasteiger partial charge on any atom is -0.383 e. The molecule has 5 heteroatoms. The molecule has 0 spiro atoms. The van der Waals surface area contributed by atoms with Crippen LogP contribution in [0, 0.1) is 0 Å².